The fraction of sp³-hybridized carbons (Fsp3) is 0.222. The van der Waals surface area contributed by atoms with Crippen LogP contribution in [0.5, 0.6) is 11.5 Å². The zero-order valence-electron chi connectivity index (χ0n) is 6.96. The summed E-state index contributed by atoms with van der Waals surface area (Å²) >= 11 is 0. The third kappa shape index (κ3) is 1.99. The van der Waals surface area contributed by atoms with Crippen LogP contribution in [0.25, 0.3) is 0 Å². The molecular formula is C9H9O3. The van der Waals surface area contributed by atoms with Gasteiger partial charge in [-0.15, -0.1) is 0 Å². The van der Waals surface area contributed by atoms with Crippen molar-refractivity contribution in [3.8, 4) is 11.5 Å². The number of rotatable bonds is 2. The molecule has 0 saturated carbocycles. The molecule has 63 valence electrons. The molecule has 0 aliphatic carbocycles. The van der Waals surface area contributed by atoms with Crippen LogP contribution in [0, 0.1) is 6.07 Å². The zero-order valence-corrected chi connectivity index (χ0v) is 6.96. The third-order valence-corrected chi connectivity index (χ3v) is 1.25. The summed E-state index contributed by atoms with van der Waals surface area (Å²) in [7, 11) is 1.51. The van der Waals surface area contributed by atoms with E-state index in [0.29, 0.717) is 11.5 Å². The van der Waals surface area contributed by atoms with Crippen LogP contribution in [0.3, 0.4) is 0 Å². The van der Waals surface area contributed by atoms with Gasteiger partial charge in [0.2, 0.25) is 0 Å². The summed E-state index contributed by atoms with van der Waals surface area (Å²) in [5.74, 6) is 0.455. The van der Waals surface area contributed by atoms with Gasteiger partial charge >= 0.3 is 5.97 Å². The van der Waals surface area contributed by atoms with Gasteiger partial charge in [-0.25, -0.2) is 0 Å². The van der Waals surface area contributed by atoms with E-state index in [1.54, 1.807) is 18.2 Å². The molecule has 1 rings (SSSR count). The second-order valence-electron chi connectivity index (χ2n) is 2.16. The molecule has 0 aromatic heterocycles. The third-order valence-electron chi connectivity index (χ3n) is 1.25. The smallest absolute Gasteiger partial charge is 0.308 e. The molecule has 0 spiro atoms. The second-order valence-corrected chi connectivity index (χ2v) is 2.16. The summed E-state index contributed by atoms with van der Waals surface area (Å²) in [6.45, 7) is 1.33. The van der Waals surface area contributed by atoms with Crippen molar-refractivity contribution in [3.63, 3.8) is 0 Å². The minimum atomic E-state index is -0.379. The average Bonchev–Trinajstić information content (AvgIpc) is 2.04. The number of esters is 1. The monoisotopic (exact) mass is 165 g/mol. The van der Waals surface area contributed by atoms with Crippen LogP contribution in [0.4, 0.5) is 0 Å². The second kappa shape index (κ2) is 3.76. The molecule has 1 aromatic rings. The summed E-state index contributed by atoms with van der Waals surface area (Å²) in [5.41, 5.74) is 0. The van der Waals surface area contributed by atoms with Crippen LogP contribution in [-0.4, -0.2) is 13.1 Å². The number of ether oxygens (including phenoxy) is 2. The minimum Gasteiger partial charge on any atom is -0.493 e. The Hall–Kier alpha value is -1.51. The van der Waals surface area contributed by atoms with Gasteiger partial charge in [0.1, 0.15) is 0 Å². The molecule has 3 heteroatoms. The first-order valence-corrected chi connectivity index (χ1v) is 3.47. The Balaban J connectivity index is 2.89. The molecule has 0 fully saturated rings. The fourth-order valence-corrected chi connectivity index (χ4v) is 0.790. The van der Waals surface area contributed by atoms with E-state index in [-0.39, 0.29) is 5.97 Å². The molecule has 1 aromatic carbocycles. The molecule has 0 saturated heterocycles. The topological polar surface area (TPSA) is 35.5 Å². The summed E-state index contributed by atoms with van der Waals surface area (Å²) in [6.07, 6.45) is 0. The van der Waals surface area contributed by atoms with E-state index >= 15 is 0 Å². The van der Waals surface area contributed by atoms with Crippen LogP contribution in [-0.2, 0) is 4.79 Å². The number of hydrogen-bond acceptors (Lipinski definition) is 3. The molecular weight excluding hydrogens is 156 g/mol. The van der Waals surface area contributed by atoms with Gasteiger partial charge in [-0.1, -0.05) is 12.1 Å². The van der Waals surface area contributed by atoms with E-state index in [4.69, 9.17) is 9.47 Å². The number of para-hydroxylation sites is 1. The molecule has 0 N–H and O–H groups in total. The van der Waals surface area contributed by atoms with Crippen molar-refractivity contribution >= 4 is 5.97 Å². The van der Waals surface area contributed by atoms with E-state index in [0.717, 1.165) is 0 Å². The lowest BCUT2D eigenvalue weighted by Gasteiger charge is -2.05. The maximum Gasteiger partial charge on any atom is 0.308 e. The van der Waals surface area contributed by atoms with E-state index < -0.39 is 0 Å². The quantitative estimate of drug-likeness (QED) is 0.491. The lowest BCUT2D eigenvalue weighted by atomic mass is 10.3. The van der Waals surface area contributed by atoms with Gasteiger partial charge in [-0.05, 0) is 6.07 Å². The lowest BCUT2D eigenvalue weighted by molar-refractivity contribution is -0.132. The molecule has 12 heavy (non-hydrogen) atoms. The SMILES string of the molecule is COc1ccc[c]c1OC(C)=O. The number of methoxy groups -OCH3 is 1. The van der Waals surface area contributed by atoms with Gasteiger partial charge in [0, 0.05) is 13.0 Å². The van der Waals surface area contributed by atoms with Gasteiger partial charge in [-0.2, -0.15) is 0 Å². The Morgan fingerprint density at radius 1 is 1.58 bits per heavy atom. The van der Waals surface area contributed by atoms with E-state index in [9.17, 15) is 4.79 Å². The number of hydrogen-bond donors (Lipinski definition) is 0. The van der Waals surface area contributed by atoms with Crippen LogP contribution in [0.2, 0.25) is 0 Å². The Morgan fingerprint density at radius 2 is 2.33 bits per heavy atom. The Bertz CT molecular complexity index is 281. The Kier molecular flexibility index (Phi) is 2.69. The maximum absolute atomic E-state index is 10.6. The summed E-state index contributed by atoms with van der Waals surface area (Å²) in [4.78, 5) is 10.6. The van der Waals surface area contributed by atoms with Crippen LogP contribution >= 0.6 is 0 Å². The van der Waals surface area contributed by atoms with Crippen molar-refractivity contribution in [1.29, 1.82) is 0 Å². The zero-order chi connectivity index (χ0) is 8.97. The van der Waals surface area contributed by atoms with Crippen molar-refractivity contribution in [1.82, 2.24) is 0 Å². The molecule has 1 radical (unpaired) electrons. The van der Waals surface area contributed by atoms with Crippen molar-refractivity contribution in [3.05, 3.63) is 24.3 Å². The van der Waals surface area contributed by atoms with Crippen molar-refractivity contribution in [2.75, 3.05) is 7.11 Å². The number of carbonyl (C=O) groups is 1. The molecule has 0 amide bonds. The Morgan fingerprint density at radius 3 is 2.92 bits per heavy atom. The highest BCUT2D eigenvalue weighted by atomic mass is 16.6. The predicted octanol–water partition coefficient (Wildman–Crippen LogP) is 1.42. The molecule has 0 aliphatic rings. The molecule has 0 atom stereocenters. The highest BCUT2D eigenvalue weighted by Gasteiger charge is 2.04. The summed E-state index contributed by atoms with van der Waals surface area (Å²) < 4.78 is 9.75. The van der Waals surface area contributed by atoms with Crippen molar-refractivity contribution in [2.45, 2.75) is 6.92 Å². The van der Waals surface area contributed by atoms with E-state index in [1.165, 1.54) is 14.0 Å². The highest BCUT2D eigenvalue weighted by molar-refractivity contribution is 5.70. The standard InChI is InChI=1S/C9H9O3/c1-7(10)12-9-6-4-3-5-8(9)11-2/h3-5H,1-2H3. The summed E-state index contributed by atoms with van der Waals surface area (Å²) in [6, 6.07) is 7.86. The van der Waals surface area contributed by atoms with E-state index in [2.05, 4.69) is 6.07 Å². The summed E-state index contributed by atoms with van der Waals surface area (Å²) in [5, 5.41) is 0. The Labute approximate surface area is 70.9 Å². The average molecular weight is 165 g/mol. The lowest BCUT2D eigenvalue weighted by Crippen LogP contribution is -2.02. The normalized spacial score (nSPS) is 9.17. The molecule has 0 aliphatic heterocycles. The van der Waals surface area contributed by atoms with E-state index in [1.807, 2.05) is 0 Å². The molecule has 0 unspecified atom stereocenters. The van der Waals surface area contributed by atoms with Gasteiger partial charge in [0.25, 0.3) is 0 Å². The molecule has 0 heterocycles. The largest absolute Gasteiger partial charge is 0.493 e. The van der Waals surface area contributed by atoms with Crippen molar-refractivity contribution < 1.29 is 14.3 Å². The fourth-order valence-electron chi connectivity index (χ4n) is 0.790. The minimum absolute atomic E-state index is 0.326. The van der Waals surface area contributed by atoms with Crippen LogP contribution < -0.4 is 9.47 Å². The maximum atomic E-state index is 10.6. The first-order valence-electron chi connectivity index (χ1n) is 3.47. The first kappa shape index (κ1) is 8.59. The highest BCUT2D eigenvalue weighted by Crippen LogP contribution is 2.24. The van der Waals surface area contributed by atoms with Gasteiger partial charge in [-0.3, -0.25) is 4.79 Å². The number of carbonyl (C=O) groups excluding carboxylic acids is 1. The predicted molar refractivity (Wildman–Crippen MR) is 43.1 cm³/mol. The van der Waals surface area contributed by atoms with Gasteiger partial charge in [0.05, 0.1) is 7.11 Å². The van der Waals surface area contributed by atoms with Crippen LogP contribution in [0.1, 0.15) is 6.92 Å². The van der Waals surface area contributed by atoms with Gasteiger partial charge in [0.15, 0.2) is 11.5 Å². The first-order chi connectivity index (χ1) is 5.74. The number of benzene rings is 1. The molecule has 3 nitrogen and oxygen atoms in total. The molecule has 0 bridgehead atoms. The van der Waals surface area contributed by atoms with Gasteiger partial charge < -0.3 is 9.47 Å². The van der Waals surface area contributed by atoms with Crippen molar-refractivity contribution in [2.24, 2.45) is 0 Å². The van der Waals surface area contributed by atoms with Crippen LogP contribution in [0.15, 0.2) is 18.2 Å².